The first-order chi connectivity index (χ1) is 9.65. The Morgan fingerprint density at radius 2 is 2.15 bits per heavy atom. The van der Waals surface area contributed by atoms with E-state index in [-0.39, 0.29) is 0 Å². The fourth-order valence-electron chi connectivity index (χ4n) is 1.98. The molecule has 1 heterocycles. The van der Waals surface area contributed by atoms with Crippen LogP contribution in [0.1, 0.15) is 11.1 Å². The van der Waals surface area contributed by atoms with E-state index in [0.29, 0.717) is 17.9 Å². The van der Waals surface area contributed by atoms with Crippen LogP contribution in [0.5, 0.6) is 5.75 Å². The lowest BCUT2D eigenvalue weighted by Crippen LogP contribution is -2.19. The molecule has 0 saturated carbocycles. The van der Waals surface area contributed by atoms with Crippen LogP contribution in [0.15, 0.2) is 41.0 Å². The molecule has 0 radical (unpaired) electrons. The van der Waals surface area contributed by atoms with Crippen molar-refractivity contribution in [2.75, 3.05) is 19.1 Å². The number of benzene rings is 1. The molecule has 2 rings (SSSR count). The topological polar surface area (TPSA) is 49.1 Å². The number of hydrogen-bond acceptors (Lipinski definition) is 4. The minimum atomic E-state index is 0.539. The van der Waals surface area contributed by atoms with E-state index < -0.39 is 0 Å². The quantitative estimate of drug-likeness (QED) is 0.861. The third kappa shape index (κ3) is 3.09. The molecule has 0 saturated heterocycles. The third-order valence-corrected chi connectivity index (χ3v) is 3.35. The number of pyridine rings is 1. The molecule has 0 N–H and O–H groups in total. The smallest absolute Gasteiger partial charge is 0.146 e. The monoisotopic (exact) mass is 331 g/mol. The lowest BCUT2D eigenvalue weighted by molar-refractivity contribution is 0.409. The van der Waals surface area contributed by atoms with Crippen LogP contribution in [0.4, 0.5) is 5.82 Å². The summed E-state index contributed by atoms with van der Waals surface area (Å²) < 4.78 is 6.13. The summed E-state index contributed by atoms with van der Waals surface area (Å²) in [5.74, 6) is 1.48. The second kappa shape index (κ2) is 6.40. The van der Waals surface area contributed by atoms with Crippen molar-refractivity contribution in [3.05, 3.63) is 52.1 Å². The Balaban J connectivity index is 2.29. The number of aromatic nitrogens is 1. The highest BCUT2D eigenvalue weighted by Gasteiger charge is 2.12. The number of hydrogen-bond donors (Lipinski definition) is 0. The second-order valence-electron chi connectivity index (χ2n) is 4.30. The molecule has 5 heteroatoms. The van der Waals surface area contributed by atoms with E-state index in [1.807, 2.05) is 36.2 Å². The predicted molar refractivity (Wildman–Crippen MR) is 81.8 cm³/mol. The number of methoxy groups -OCH3 is 1. The van der Waals surface area contributed by atoms with Crippen LogP contribution >= 0.6 is 15.9 Å². The fourth-order valence-corrected chi connectivity index (χ4v) is 2.31. The zero-order chi connectivity index (χ0) is 14.5. The van der Waals surface area contributed by atoms with Crippen molar-refractivity contribution < 1.29 is 4.74 Å². The normalized spacial score (nSPS) is 9.90. The van der Waals surface area contributed by atoms with Gasteiger partial charge in [-0.15, -0.1) is 0 Å². The number of anilines is 1. The van der Waals surface area contributed by atoms with E-state index in [0.717, 1.165) is 15.8 Å². The van der Waals surface area contributed by atoms with Crippen molar-refractivity contribution >= 4 is 21.7 Å². The minimum absolute atomic E-state index is 0.539. The highest BCUT2D eigenvalue weighted by molar-refractivity contribution is 9.10. The van der Waals surface area contributed by atoms with Gasteiger partial charge in [0.1, 0.15) is 17.6 Å². The molecule has 2 aromatic rings. The molecule has 1 aromatic heterocycles. The van der Waals surface area contributed by atoms with Crippen molar-refractivity contribution in [3.63, 3.8) is 0 Å². The average Bonchev–Trinajstić information content (AvgIpc) is 2.47. The molecule has 4 nitrogen and oxygen atoms in total. The summed E-state index contributed by atoms with van der Waals surface area (Å²) in [6.07, 6.45) is 1.69. The van der Waals surface area contributed by atoms with Gasteiger partial charge in [-0.1, -0.05) is 18.2 Å². The first-order valence-electron chi connectivity index (χ1n) is 6.04. The molecule has 0 aliphatic rings. The summed E-state index contributed by atoms with van der Waals surface area (Å²) in [5.41, 5.74) is 1.59. The maximum Gasteiger partial charge on any atom is 0.146 e. The van der Waals surface area contributed by atoms with Crippen LogP contribution in [0, 0.1) is 11.3 Å². The zero-order valence-corrected chi connectivity index (χ0v) is 12.9. The van der Waals surface area contributed by atoms with E-state index in [4.69, 9.17) is 4.74 Å². The first-order valence-corrected chi connectivity index (χ1v) is 6.83. The van der Waals surface area contributed by atoms with Gasteiger partial charge in [0.2, 0.25) is 0 Å². The number of para-hydroxylation sites is 1. The summed E-state index contributed by atoms with van der Waals surface area (Å²) in [6, 6.07) is 11.7. The van der Waals surface area contributed by atoms with Crippen molar-refractivity contribution in [3.8, 4) is 11.8 Å². The van der Waals surface area contributed by atoms with E-state index in [1.54, 1.807) is 19.4 Å². The van der Waals surface area contributed by atoms with E-state index in [1.165, 1.54) is 0 Å². The van der Waals surface area contributed by atoms with Crippen LogP contribution in [-0.2, 0) is 6.54 Å². The van der Waals surface area contributed by atoms with Gasteiger partial charge in [-0.3, -0.25) is 0 Å². The predicted octanol–water partition coefficient (Wildman–Crippen LogP) is 3.36. The molecule has 0 aliphatic heterocycles. The summed E-state index contributed by atoms with van der Waals surface area (Å²) in [5, 5.41) is 9.20. The lowest BCUT2D eigenvalue weighted by atomic mass is 10.2. The van der Waals surface area contributed by atoms with Crippen molar-refractivity contribution in [2.45, 2.75) is 6.54 Å². The van der Waals surface area contributed by atoms with Gasteiger partial charge in [-0.05, 0) is 28.1 Å². The van der Waals surface area contributed by atoms with E-state index >= 15 is 0 Å². The van der Waals surface area contributed by atoms with Crippen molar-refractivity contribution in [1.82, 2.24) is 4.98 Å². The Kier molecular flexibility index (Phi) is 4.59. The van der Waals surface area contributed by atoms with Gasteiger partial charge < -0.3 is 9.64 Å². The SMILES string of the molecule is COc1ccccc1CN(C)c1ncc(Br)cc1C#N. The Morgan fingerprint density at radius 1 is 1.40 bits per heavy atom. The first kappa shape index (κ1) is 14.4. The van der Waals surface area contributed by atoms with Crippen molar-refractivity contribution in [1.29, 1.82) is 5.26 Å². The van der Waals surface area contributed by atoms with Crippen LogP contribution in [-0.4, -0.2) is 19.1 Å². The van der Waals surface area contributed by atoms with Gasteiger partial charge in [0, 0.05) is 29.8 Å². The standard InChI is InChI=1S/C15H14BrN3O/c1-19(10-11-5-3-4-6-14(11)20-2)15-12(8-17)7-13(16)9-18-15/h3-7,9H,10H2,1-2H3. The zero-order valence-electron chi connectivity index (χ0n) is 11.3. The maximum atomic E-state index is 9.20. The molecular weight excluding hydrogens is 318 g/mol. The van der Waals surface area contributed by atoms with Crippen LogP contribution < -0.4 is 9.64 Å². The molecule has 0 spiro atoms. The number of rotatable bonds is 4. The molecule has 0 aliphatic carbocycles. The summed E-state index contributed by atoms with van der Waals surface area (Å²) in [6.45, 7) is 0.618. The molecule has 20 heavy (non-hydrogen) atoms. The van der Waals surface area contributed by atoms with Crippen molar-refractivity contribution in [2.24, 2.45) is 0 Å². The Hall–Kier alpha value is -2.06. The third-order valence-electron chi connectivity index (χ3n) is 2.92. The Labute approximate surface area is 126 Å². The van der Waals surface area contributed by atoms with Crippen LogP contribution in [0.2, 0.25) is 0 Å². The summed E-state index contributed by atoms with van der Waals surface area (Å²) in [4.78, 5) is 6.25. The number of nitrogens with zero attached hydrogens (tertiary/aromatic N) is 3. The van der Waals surface area contributed by atoms with Gasteiger partial charge >= 0.3 is 0 Å². The Morgan fingerprint density at radius 3 is 2.85 bits per heavy atom. The van der Waals surface area contributed by atoms with Gasteiger partial charge in [0.15, 0.2) is 0 Å². The van der Waals surface area contributed by atoms with Gasteiger partial charge in [-0.25, -0.2) is 4.98 Å². The molecule has 0 amide bonds. The highest BCUT2D eigenvalue weighted by atomic mass is 79.9. The number of nitriles is 1. The van der Waals surface area contributed by atoms with Crippen LogP contribution in [0.25, 0.3) is 0 Å². The van der Waals surface area contributed by atoms with Gasteiger partial charge in [-0.2, -0.15) is 5.26 Å². The number of halogens is 1. The highest BCUT2D eigenvalue weighted by Crippen LogP contribution is 2.24. The number of ether oxygens (including phenoxy) is 1. The fraction of sp³-hybridized carbons (Fsp3) is 0.200. The summed E-state index contributed by atoms with van der Waals surface area (Å²) in [7, 11) is 3.56. The summed E-state index contributed by atoms with van der Waals surface area (Å²) >= 11 is 3.32. The molecule has 0 unspecified atom stereocenters. The average molecular weight is 332 g/mol. The molecular formula is C15H14BrN3O. The molecule has 0 atom stereocenters. The van der Waals surface area contributed by atoms with Crippen LogP contribution in [0.3, 0.4) is 0 Å². The maximum absolute atomic E-state index is 9.20. The largest absolute Gasteiger partial charge is 0.496 e. The molecule has 0 bridgehead atoms. The lowest BCUT2D eigenvalue weighted by Gasteiger charge is -2.20. The van der Waals surface area contributed by atoms with E-state index in [2.05, 4.69) is 27.0 Å². The molecule has 102 valence electrons. The minimum Gasteiger partial charge on any atom is -0.496 e. The van der Waals surface area contributed by atoms with Gasteiger partial charge in [0.25, 0.3) is 0 Å². The van der Waals surface area contributed by atoms with Gasteiger partial charge in [0.05, 0.1) is 12.7 Å². The molecule has 0 fully saturated rings. The second-order valence-corrected chi connectivity index (χ2v) is 5.22. The molecule has 1 aromatic carbocycles. The Bertz CT molecular complexity index is 652. The van der Waals surface area contributed by atoms with E-state index in [9.17, 15) is 5.26 Å².